The van der Waals surface area contributed by atoms with E-state index in [-0.39, 0.29) is 5.88 Å². The summed E-state index contributed by atoms with van der Waals surface area (Å²) in [5.74, 6) is 1.22. The van der Waals surface area contributed by atoms with Gasteiger partial charge in [0.2, 0.25) is 0 Å². The molecule has 0 aliphatic rings. The minimum atomic E-state index is -0.892. The van der Waals surface area contributed by atoms with Gasteiger partial charge in [-0.2, -0.15) is 0 Å². The molecule has 1 N–H and O–H groups in total. The van der Waals surface area contributed by atoms with Crippen LogP contribution in [0.1, 0.15) is 45.4 Å². The molecule has 0 bridgehead atoms. The van der Waals surface area contributed by atoms with Crippen LogP contribution in [-0.4, -0.2) is 32.8 Å². The Hall–Kier alpha value is 0.400. The number of unbranched alkanes of at least 4 members (excludes halogenated alkanes) is 5. The van der Waals surface area contributed by atoms with Gasteiger partial charge in [0.15, 0.2) is 0 Å². The van der Waals surface area contributed by atoms with Crippen molar-refractivity contribution >= 4 is 22.4 Å². The second kappa shape index (κ2) is 10.9. The summed E-state index contributed by atoms with van der Waals surface area (Å²) in [5.41, 5.74) is 0. The van der Waals surface area contributed by atoms with Gasteiger partial charge in [0.1, 0.15) is 0 Å². The molecule has 0 amide bonds. The Morgan fingerprint density at radius 1 is 1.20 bits per heavy atom. The first-order valence-corrected chi connectivity index (χ1v) is 7.82. The van der Waals surface area contributed by atoms with Crippen molar-refractivity contribution in [3.63, 3.8) is 0 Å². The van der Waals surface area contributed by atoms with Crippen LogP contribution in [0.4, 0.5) is 0 Å². The summed E-state index contributed by atoms with van der Waals surface area (Å²) in [6, 6.07) is 0. The van der Waals surface area contributed by atoms with E-state index >= 15 is 0 Å². The first-order valence-electron chi connectivity index (χ1n) is 5.79. The highest BCUT2D eigenvalue weighted by molar-refractivity contribution is 7.85. The lowest BCUT2D eigenvalue weighted by atomic mass is 10.1. The van der Waals surface area contributed by atoms with E-state index in [1.807, 2.05) is 0 Å². The van der Waals surface area contributed by atoms with Crippen molar-refractivity contribution in [2.24, 2.45) is 0 Å². The number of hydrogen-bond donors (Lipinski definition) is 1. The molecule has 2 nitrogen and oxygen atoms in total. The third-order valence-corrected chi connectivity index (χ3v) is 4.14. The van der Waals surface area contributed by atoms with Crippen LogP contribution in [0.2, 0.25) is 0 Å². The number of aliphatic hydroxyl groups excluding tert-OH is 1. The molecule has 0 rings (SSSR count). The monoisotopic (exact) mass is 254 g/mol. The molecular weight excluding hydrogens is 232 g/mol. The normalized spacial score (nSPS) is 15.1. The lowest BCUT2D eigenvalue weighted by molar-refractivity contribution is 0.222. The maximum Gasteiger partial charge on any atom is 0.0790 e. The van der Waals surface area contributed by atoms with Gasteiger partial charge in [0.25, 0.3) is 0 Å². The Morgan fingerprint density at radius 3 is 2.40 bits per heavy atom. The van der Waals surface area contributed by atoms with Crippen molar-refractivity contribution in [1.29, 1.82) is 0 Å². The third-order valence-electron chi connectivity index (χ3n) is 2.28. The molecule has 0 spiro atoms. The number of aliphatic hydroxyl groups is 1. The molecule has 0 aromatic rings. The summed E-state index contributed by atoms with van der Waals surface area (Å²) in [6.45, 7) is 2.20. The third kappa shape index (κ3) is 10.7. The molecule has 0 aliphatic heterocycles. The molecule has 0 unspecified atom stereocenters. The second-order valence-corrected chi connectivity index (χ2v) is 5.82. The van der Waals surface area contributed by atoms with E-state index in [0.717, 1.165) is 12.8 Å². The van der Waals surface area contributed by atoms with Gasteiger partial charge in [0.05, 0.1) is 11.9 Å². The predicted octanol–water partition coefficient (Wildman–Crippen LogP) is 2.70. The molecule has 0 aliphatic carbocycles. The molecule has 4 heteroatoms. The van der Waals surface area contributed by atoms with Gasteiger partial charge in [-0.25, -0.2) is 0 Å². The molecule has 0 aromatic carbocycles. The van der Waals surface area contributed by atoms with Crippen LogP contribution in [-0.2, 0) is 10.8 Å². The van der Waals surface area contributed by atoms with Crippen LogP contribution in [0.3, 0.4) is 0 Å². The van der Waals surface area contributed by atoms with E-state index in [2.05, 4.69) is 6.92 Å². The Kier molecular flexibility index (Phi) is 11.2. The van der Waals surface area contributed by atoms with Crippen LogP contribution in [0.25, 0.3) is 0 Å². The van der Waals surface area contributed by atoms with Gasteiger partial charge in [-0.15, -0.1) is 11.6 Å². The summed E-state index contributed by atoms with van der Waals surface area (Å²) >= 11 is 5.43. The van der Waals surface area contributed by atoms with Crippen molar-refractivity contribution in [3.8, 4) is 0 Å². The average Bonchev–Trinajstić information content (AvgIpc) is 2.23. The van der Waals surface area contributed by atoms with Crippen LogP contribution < -0.4 is 0 Å². The van der Waals surface area contributed by atoms with E-state index in [9.17, 15) is 9.32 Å². The Balaban J connectivity index is 3.24. The molecule has 0 heterocycles. The zero-order valence-electron chi connectivity index (χ0n) is 9.58. The van der Waals surface area contributed by atoms with Crippen molar-refractivity contribution in [2.75, 3.05) is 17.4 Å². The first kappa shape index (κ1) is 15.4. The first-order chi connectivity index (χ1) is 7.20. The SMILES string of the molecule is CCCCCCCC[S@](=O)C[C@@H](O)CCl. The molecule has 15 heavy (non-hydrogen) atoms. The predicted molar refractivity (Wildman–Crippen MR) is 68.0 cm³/mol. The molecule has 0 fully saturated rings. The second-order valence-electron chi connectivity index (χ2n) is 3.89. The number of rotatable bonds is 10. The van der Waals surface area contributed by atoms with Crippen LogP contribution >= 0.6 is 11.6 Å². The van der Waals surface area contributed by atoms with Crippen molar-refractivity contribution < 1.29 is 9.32 Å². The summed E-state index contributed by atoms with van der Waals surface area (Å²) < 4.78 is 11.4. The number of hydrogen-bond acceptors (Lipinski definition) is 2. The number of halogens is 1. The molecule has 0 saturated heterocycles. The molecule has 0 radical (unpaired) electrons. The maximum atomic E-state index is 11.4. The highest BCUT2D eigenvalue weighted by Crippen LogP contribution is 2.06. The zero-order chi connectivity index (χ0) is 11.5. The molecule has 0 saturated carbocycles. The minimum Gasteiger partial charge on any atom is -0.391 e. The van der Waals surface area contributed by atoms with Gasteiger partial charge in [0, 0.05) is 22.4 Å². The van der Waals surface area contributed by atoms with Crippen LogP contribution in [0.5, 0.6) is 0 Å². The molecular formula is C11H23ClO2S. The van der Waals surface area contributed by atoms with Crippen molar-refractivity contribution in [2.45, 2.75) is 51.6 Å². The van der Waals surface area contributed by atoms with E-state index in [1.54, 1.807) is 0 Å². The Bertz CT molecular complexity index is 165. The van der Waals surface area contributed by atoms with E-state index in [0.29, 0.717) is 11.5 Å². The van der Waals surface area contributed by atoms with Gasteiger partial charge in [-0.05, 0) is 6.42 Å². The van der Waals surface area contributed by atoms with Gasteiger partial charge in [-0.3, -0.25) is 4.21 Å². The molecule has 0 aromatic heterocycles. The Labute approximate surface area is 101 Å². The quantitative estimate of drug-likeness (QED) is 0.481. The summed E-state index contributed by atoms with van der Waals surface area (Å²) in [6.07, 6.45) is 6.64. The van der Waals surface area contributed by atoms with Gasteiger partial charge < -0.3 is 5.11 Å². The Morgan fingerprint density at radius 2 is 1.80 bits per heavy atom. The fraction of sp³-hybridized carbons (Fsp3) is 1.00. The largest absolute Gasteiger partial charge is 0.391 e. The molecule has 92 valence electrons. The van der Waals surface area contributed by atoms with E-state index < -0.39 is 16.9 Å². The average molecular weight is 255 g/mol. The fourth-order valence-electron chi connectivity index (χ4n) is 1.39. The lowest BCUT2D eigenvalue weighted by Crippen LogP contribution is -2.19. The standard InChI is InChI=1S/C11H23ClO2S/c1-2-3-4-5-6-7-8-15(14)10-11(13)9-12/h11,13H,2-10H2,1H3/t11-,15-/m0/s1. The van der Waals surface area contributed by atoms with Gasteiger partial charge >= 0.3 is 0 Å². The summed E-state index contributed by atoms with van der Waals surface area (Å²) in [5, 5.41) is 9.18. The summed E-state index contributed by atoms with van der Waals surface area (Å²) in [4.78, 5) is 0. The zero-order valence-corrected chi connectivity index (χ0v) is 11.2. The molecule has 2 atom stereocenters. The topological polar surface area (TPSA) is 37.3 Å². The van der Waals surface area contributed by atoms with Gasteiger partial charge in [-0.1, -0.05) is 39.0 Å². The van der Waals surface area contributed by atoms with Crippen LogP contribution in [0.15, 0.2) is 0 Å². The highest BCUT2D eigenvalue weighted by atomic mass is 35.5. The lowest BCUT2D eigenvalue weighted by Gasteiger charge is -2.06. The summed E-state index contributed by atoms with van der Waals surface area (Å²) in [7, 11) is -0.892. The van der Waals surface area contributed by atoms with Crippen molar-refractivity contribution in [3.05, 3.63) is 0 Å². The number of alkyl halides is 1. The fourth-order valence-corrected chi connectivity index (χ4v) is 2.86. The van der Waals surface area contributed by atoms with Crippen LogP contribution in [0, 0.1) is 0 Å². The van der Waals surface area contributed by atoms with Crippen molar-refractivity contribution in [1.82, 2.24) is 0 Å². The van der Waals surface area contributed by atoms with E-state index in [4.69, 9.17) is 11.6 Å². The smallest absolute Gasteiger partial charge is 0.0790 e. The maximum absolute atomic E-state index is 11.4. The van der Waals surface area contributed by atoms with E-state index in [1.165, 1.54) is 25.7 Å². The minimum absolute atomic E-state index is 0.183. The highest BCUT2D eigenvalue weighted by Gasteiger charge is 2.07.